The highest BCUT2D eigenvalue weighted by Crippen LogP contribution is 2.28. The summed E-state index contributed by atoms with van der Waals surface area (Å²) < 4.78 is 0. The number of rotatable bonds is 4. The van der Waals surface area contributed by atoms with Crippen LogP contribution in [0.2, 0.25) is 0 Å². The molecule has 3 heteroatoms. The second-order valence-corrected chi connectivity index (χ2v) is 6.38. The quantitative estimate of drug-likeness (QED) is 0.941. The maximum absolute atomic E-state index is 12.3. The lowest BCUT2D eigenvalue weighted by molar-refractivity contribution is -0.123. The van der Waals surface area contributed by atoms with E-state index in [0.29, 0.717) is 12.8 Å². The molecule has 0 saturated heterocycles. The normalized spacial score (nSPS) is 20.2. The third kappa shape index (κ3) is 3.53. The highest BCUT2D eigenvalue weighted by molar-refractivity contribution is 5.77. The highest BCUT2D eigenvalue weighted by atomic mass is 16.1. The fraction of sp³-hybridized carbons (Fsp3) is 0.368. The summed E-state index contributed by atoms with van der Waals surface area (Å²) in [7, 11) is 0. The summed E-state index contributed by atoms with van der Waals surface area (Å²) in [6.45, 7) is 2.15. The van der Waals surface area contributed by atoms with Crippen molar-refractivity contribution in [3.05, 3.63) is 65.5 Å². The van der Waals surface area contributed by atoms with Gasteiger partial charge in [0.05, 0.1) is 0 Å². The number of nitrogens with one attached hydrogen (secondary N) is 1. The van der Waals surface area contributed by atoms with Crippen LogP contribution in [-0.2, 0) is 24.1 Å². The Hall–Kier alpha value is -2.16. The summed E-state index contributed by atoms with van der Waals surface area (Å²) in [5.74, 6) is 0.118. The van der Waals surface area contributed by atoms with Crippen molar-refractivity contribution in [1.82, 2.24) is 10.3 Å². The average molecular weight is 294 g/mol. The minimum absolute atomic E-state index is 0.118. The monoisotopic (exact) mass is 294 g/mol. The van der Waals surface area contributed by atoms with Crippen molar-refractivity contribution < 1.29 is 4.79 Å². The van der Waals surface area contributed by atoms with Gasteiger partial charge in [-0.25, -0.2) is 0 Å². The Morgan fingerprint density at radius 2 is 1.95 bits per heavy atom. The summed E-state index contributed by atoms with van der Waals surface area (Å²) in [4.78, 5) is 16.5. The van der Waals surface area contributed by atoms with Crippen molar-refractivity contribution in [1.29, 1.82) is 0 Å². The van der Waals surface area contributed by atoms with Crippen LogP contribution >= 0.6 is 0 Å². The molecular formula is C19H22N2O. The predicted octanol–water partition coefficient (Wildman–Crippen LogP) is 3.08. The number of carbonyl (C=O) groups is 1. The van der Waals surface area contributed by atoms with Gasteiger partial charge in [-0.15, -0.1) is 0 Å². The maximum atomic E-state index is 12.3. The zero-order valence-corrected chi connectivity index (χ0v) is 13.0. The van der Waals surface area contributed by atoms with Crippen LogP contribution < -0.4 is 5.32 Å². The smallest absolute Gasteiger partial charge is 0.220 e. The highest BCUT2D eigenvalue weighted by Gasteiger charge is 2.30. The molecule has 3 nitrogen and oxygen atoms in total. The Morgan fingerprint density at radius 1 is 1.18 bits per heavy atom. The lowest BCUT2D eigenvalue weighted by Crippen LogP contribution is -2.49. The van der Waals surface area contributed by atoms with Crippen LogP contribution in [-0.4, -0.2) is 16.4 Å². The molecule has 22 heavy (non-hydrogen) atoms. The first-order valence-electron chi connectivity index (χ1n) is 7.92. The maximum Gasteiger partial charge on any atom is 0.220 e. The molecule has 1 aromatic carbocycles. The second kappa shape index (κ2) is 6.30. The molecular weight excluding hydrogens is 272 g/mol. The van der Waals surface area contributed by atoms with Crippen molar-refractivity contribution in [2.45, 2.75) is 44.6 Å². The summed E-state index contributed by atoms with van der Waals surface area (Å²) in [5.41, 5.74) is 3.62. The number of carbonyl (C=O) groups excluding carboxylic acids is 1. The molecule has 0 aliphatic heterocycles. The lowest BCUT2D eigenvalue weighted by atomic mass is 9.79. The zero-order chi connectivity index (χ0) is 15.4. The van der Waals surface area contributed by atoms with Crippen LogP contribution in [0.15, 0.2) is 48.7 Å². The second-order valence-electron chi connectivity index (χ2n) is 6.38. The summed E-state index contributed by atoms with van der Waals surface area (Å²) >= 11 is 0. The Kier molecular flexibility index (Phi) is 4.23. The van der Waals surface area contributed by atoms with E-state index in [1.54, 1.807) is 6.20 Å². The molecule has 0 unspecified atom stereocenters. The average Bonchev–Trinajstić information content (AvgIpc) is 2.53. The Morgan fingerprint density at radius 3 is 2.73 bits per heavy atom. The summed E-state index contributed by atoms with van der Waals surface area (Å²) in [6.07, 6.45) is 5.91. The van der Waals surface area contributed by atoms with E-state index in [9.17, 15) is 4.79 Å². The molecule has 0 spiro atoms. The Balaban J connectivity index is 1.57. The van der Waals surface area contributed by atoms with Gasteiger partial charge in [0.15, 0.2) is 0 Å². The number of amides is 1. The molecule has 0 fully saturated rings. The predicted molar refractivity (Wildman–Crippen MR) is 87.6 cm³/mol. The molecule has 0 saturated carbocycles. The number of fused-ring (bicyclic) bond motifs is 1. The van der Waals surface area contributed by atoms with Crippen LogP contribution in [0.5, 0.6) is 0 Å². The molecule has 1 aliphatic carbocycles. The third-order valence-electron chi connectivity index (χ3n) is 4.42. The van der Waals surface area contributed by atoms with Gasteiger partial charge in [-0.2, -0.15) is 0 Å². The van der Waals surface area contributed by atoms with Gasteiger partial charge in [-0.3, -0.25) is 9.78 Å². The van der Waals surface area contributed by atoms with Gasteiger partial charge in [0.2, 0.25) is 5.91 Å². The minimum Gasteiger partial charge on any atom is -0.351 e. The molecule has 0 bridgehead atoms. The van der Waals surface area contributed by atoms with E-state index in [1.807, 2.05) is 18.2 Å². The number of hydrogen-bond acceptors (Lipinski definition) is 2. The standard InChI is InChI=1S/C19H22N2O/c1-19(12-11-15-6-2-3-7-16(15)14-19)21-18(22)10-9-17-8-4-5-13-20-17/h2-8,13H,9-12,14H2,1H3,(H,21,22)/t19-/m1/s1. The van der Waals surface area contributed by atoms with Gasteiger partial charge < -0.3 is 5.32 Å². The van der Waals surface area contributed by atoms with E-state index in [1.165, 1.54) is 11.1 Å². The van der Waals surface area contributed by atoms with Crippen molar-refractivity contribution in [2.24, 2.45) is 0 Å². The van der Waals surface area contributed by atoms with E-state index in [0.717, 1.165) is 25.0 Å². The number of aryl methyl sites for hydroxylation is 2. The first kappa shape index (κ1) is 14.8. The molecule has 1 aromatic heterocycles. The minimum atomic E-state index is -0.129. The van der Waals surface area contributed by atoms with Crippen molar-refractivity contribution >= 4 is 5.91 Å². The SMILES string of the molecule is C[C@@]1(NC(=O)CCc2ccccn2)CCc2ccccc2C1. The number of aromatic nitrogens is 1. The molecule has 1 amide bonds. The van der Waals surface area contributed by atoms with Crippen LogP contribution in [0.3, 0.4) is 0 Å². The van der Waals surface area contributed by atoms with E-state index < -0.39 is 0 Å². The Labute approximate surface area is 131 Å². The fourth-order valence-corrected chi connectivity index (χ4v) is 3.19. The molecule has 2 aromatic rings. The van der Waals surface area contributed by atoms with E-state index in [2.05, 4.69) is 41.5 Å². The van der Waals surface area contributed by atoms with Gasteiger partial charge in [-0.05, 0) is 55.9 Å². The fourth-order valence-electron chi connectivity index (χ4n) is 3.19. The molecule has 114 valence electrons. The van der Waals surface area contributed by atoms with Gasteiger partial charge in [-0.1, -0.05) is 30.3 Å². The van der Waals surface area contributed by atoms with Gasteiger partial charge in [0.25, 0.3) is 0 Å². The Bertz CT molecular complexity index is 653. The first-order valence-corrected chi connectivity index (χ1v) is 7.92. The molecule has 1 atom stereocenters. The van der Waals surface area contributed by atoms with Gasteiger partial charge in [0, 0.05) is 23.9 Å². The summed E-state index contributed by atoms with van der Waals surface area (Å²) in [5, 5.41) is 3.24. The molecule has 1 aliphatic rings. The number of benzene rings is 1. The van der Waals surface area contributed by atoms with E-state index in [4.69, 9.17) is 0 Å². The largest absolute Gasteiger partial charge is 0.351 e. The van der Waals surface area contributed by atoms with Gasteiger partial charge >= 0.3 is 0 Å². The van der Waals surface area contributed by atoms with Crippen LogP contribution in [0.4, 0.5) is 0 Å². The van der Waals surface area contributed by atoms with Gasteiger partial charge in [0.1, 0.15) is 0 Å². The van der Waals surface area contributed by atoms with Crippen molar-refractivity contribution in [3.63, 3.8) is 0 Å². The van der Waals surface area contributed by atoms with E-state index >= 15 is 0 Å². The number of nitrogens with zero attached hydrogens (tertiary/aromatic N) is 1. The number of pyridine rings is 1. The van der Waals surface area contributed by atoms with Crippen molar-refractivity contribution in [2.75, 3.05) is 0 Å². The zero-order valence-electron chi connectivity index (χ0n) is 13.0. The molecule has 1 heterocycles. The van der Waals surface area contributed by atoms with Crippen LogP contribution in [0.25, 0.3) is 0 Å². The third-order valence-corrected chi connectivity index (χ3v) is 4.42. The van der Waals surface area contributed by atoms with Crippen LogP contribution in [0, 0.1) is 0 Å². The van der Waals surface area contributed by atoms with Crippen LogP contribution in [0.1, 0.15) is 36.6 Å². The van der Waals surface area contributed by atoms with E-state index in [-0.39, 0.29) is 11.4 Å². The molecule has 3 rings (SSSR count). The lowest BCUT2D eigenvalue weighted by Gasteiger charge is -2.36. The van der Waals surface area contributed by atoms with Crippen molar-refractivity contribution in [3.8, 4) is 0 Å². The molecule has 1 N–H and O–H groups in total. The topological polar surface area (TPSA) is 42.0 Å². The first-order chi connectivity index (χ1) is 10.6. The summed E-state index contributed by atoms with van der Waals surface area (Å²) in [6, 6.07) is 14.3. The number of hydrogen-bond donors (Lipinski definition) is 1. The molecule has 0 radical (unpaired) electrons.